The van der Waals surface area contributed by atoms with Gasteiger partial charge in [-0.25, -0.2) is 4.39 Å². The molecule has 2 N–H and O–H groups in total. The standard InChI is InChI=1S/C10H11ClFNO2/c11-8-2-1-3-9(12)7(8)4-5-13-10(15)6-14/h1-3,14H,4-6H2,(H,13,15). The molecule has 0 radical (unpaired) electrons. The van der Waals surface area contributed by atoms with E-state index >= 15 is 0 Å². The summed E-state index contributed by atoms with van der Waals surface area (Å²) in [5, 5.41) is 11.2. The summed E-state index contributed by atoms with van der Waals surface area (Å²) in [6.07, 6.45) is 0.303. The molecule has 0 unspecified atom stereocenters. The van der Waals surface area contributed by atoms with Crippen molar-refractivity contribution >= 4 is 17.5 Å². The first-order valence-corrected chi connectivity index (χ1v) is 4.83. The predicted molar refractivity (Wildman–Crippen MR) is 55.2 cm³/mol. The van der Waals surface area contributed by atoms with Crippen LogP contribution in [0.2, 0.25) is 5.02 Å². The Morgan fingerprint density at radius 3 is 2.87 bits per heavy atom. The van der Waals surface area contributed by atoms with E-state index < -0.39 is 12.5 Å². The Morgan fingerprint density at radius 2 is 2.27 bits per heavy atom. The molecule has 0 spiro atoms. The van der Waals surface area contributed by atoms with Gasteiger partial charge in [0.2, 0.25) is 5.91 Å². The molecule has 1 rings (SSSR count). The van der Waals surface area contributed by atoms with Crippen molar-refractivity contribution in [2.75, 3.05) is 13.2 Å². The Morgan fingerprint density at radius 1 is 1.53 bits per heavy atom. The fourth-order valence-electron chi connectivity index (χ4n) is 1.15. The molecule has 0 atom stereocenters. The van der Waals surface area contributed by atoms with Crippen molar-refractivity contribution in [2.45, 2.75) is 6.42 Å². The highest BCUT2D eigenvalue weighted by molar-refractivity contribution is 6.31. The summed E-state index contributed by atoms with van der Waals surface area (Å²) >= 11 is 5.78. The zero-order valence-corrected chi connectivity index (χ0v) is 8.72. The van der Waals surface area contributed by atoms with Crippen molar-refractivity contribution in [3.63, 3.8) is 0 Å². The summed E-state index contributed by atoms with van der Waals surface area (Å²) < 4.78 is 13.2. The number of hydrogen-bond donors (Lipinski definition) is 2. The summed E-state index contributed by atoms with van der Waals surface area (Å²) in [6.45, 7) is -0.314. The quantitative estimate of drug-likeness (QED) is 0.816. The maximum absolute atomic E-state index is 13.2. The van der Waals surface area contributed by atoms with E-state index in [-0.39, 0.29) is 12.4 Å². The second kappa shape index (κ2) is 5.68. The van der Waals surface area contributed by atoms with Crippen LogP contribution in [0.3, 0.4) is 0 Å². The monoisotopic (exact) mass is 231 g/mol. The van der Waals surface area contributed by atoms with Gasteiger partial charge >= 0.3 is 0 Å². The van der Waals surface area contributed by atoms with Gasteiger partial charge in [-0.1, -0.05) is 17.7 Å². The smallest absolute Gasteiger partial charge is 0.245 e. The molecule has 0 aliphatic heterocycles. The number of hydrogen-bond acceptors (Lipinski definition) is 2. The number of halogens is 2. The molecule has 3 nitrogen and oxygen atoms in total. The largest absolute Gasteiger partial charge is 0.387 e. The Kier molecular flexibility index (Phi) is 4.52. The van der Waals surface area contributed by atoms with E-state index in [1.54, 1.807) is 6.07 Å². The summed E-state index contributed by atoms with van der Waals surface area (Å²) in [6, 6.07) is 4.43. The van der Waals surface area contributed by atoms with Crippen LogP contribution in [0.5, 0.6) is 0 Å². The summed E-state index contributed by atoms with van der Waals surface area (Å²) in [4.78, 5) is 10.7. The van der Waals surface area contributed by atoms with Crippen LogP contribution in [0, 0.1) is 5.82 Å². The number of carbonyl (C=O) groups is 1. The third-order valence-electron chi connectivity index (χ3n) is 1.90. The molecule has 15 heavy (non-hydrogen) atoms. The van der Waals surface area contributed by atoms with Gasteiger partial charge in [0, 0.05) is 17.1 Å². The number of carbonyl (C=O) groups excluding carboxylic acids is 1. The van der Waals surface area contributed by atoms with E-state index in [0.717, 1.165) is 0 Å². The van der Waals surface area contributed by atoms with Gasteiger partial charge in [-0.05, 0) is 18.6 Å². The number of nitrogens with one attached hydrogen (secondary N) is 1. The molecule has 0 saturated carbocycles. The number of benzene rings is 1. The first-order chi connectivity index (χ1) is 7.15. The molecule has 82 valence electrons. The molecule has 0 bridgehead atoms. The second-order valence-electron chi connectivity index (χ2n) is 2.96. The van der Waals surface area contributed by atoms with Crippen LogP contribution in [0.15, 0.2) is 18.2 Å². The van der Waals surface area contributed by atoms with Crippen LogP contribution in [-0.4, -0.2) is 24.2 Å². The van der Waals surface area contributed by atoms with Gasteiger partial charge in [-0.15, -0.1) is 0 Å². The highest BCUT2D eigenvalue weighted by Gasteiger charge is 2.06. The first kappa shape index (κ1) is 11.9. The molecule has 5 heteroatoms. The second-order valence-corrected chi connectivity index (χ2v) is 3.37. The lowest BCUT2D eigenvalue weighted by atomic mass is 10.1. The molecule has 0 aromatic heterocycles. The zero-order chi connectivity index (χ0) is 11.3. The van der Waals surface area contributed by atoms with Crippen molar-refractivity contribution in [2.24, 2.45) is 0 Å². The first-order valence-electron chi connectivity index (χ1n) is 4.45. The number of aliphatic hydroxyl groups excluding tert-OH is 1. The van der Waals surface area contributed by atoms with Crippen molar-refractivity contribution in [1.29, 1.82) is 0 Å². The van der Waals surface area contributed by atoms with Gasteiger partial charge in [0.1, 0.15) is 12.4 Å². The Bertz CT molecular complexity index is 337. The van der Waals surface area contributed by atoms with Crippen molar-refractivity contribution < 1.29 is 14.3 Å². The molecule has 0 saturated heterocycles. The average molecular weight is 232 g/mol. The number of rotatable bonds is 4. The summed E-state index contributed by atoms with van der Waals surface area (Å²) in [5.41, 5.74) is 0.373. The van der Waals surface area contributed by atoms with Crippen LogP contribution in [0.1, 0.15) is 5.56 Å². The van der Waals surface area contributed by atoms with Gasteiger partial charge in [0.05, 0.1) is 0 Å². The lowest BCUT2D eigenvalue weighted by Gasteiger charge is -2.06. The van der Waals surface area contributed by atoms with Gasteiger partial charge < -0.3 is 10.4 Å². The van der Waals surface area contributed by atoms with Crippen LogP contribution >= 0.6 is 11.6 Å². The summed E-state index contributed by atoms with van der Waals surface area (Å²) in [7, 11) is 0. The number of amides is 1. The Labute approximate surface area is 91.9 Å². The molecule has 0 aliphatic rings. The third kappa shape index (κ3) is 3.49. The Balaban J connectivity index is 2.54. The SMILES string of the molecule is O=C(CO)NCCc1c(F)cccc1Cl. The van der Waals surface area contributed by atoms with Crippen LogP contribution in [0.25, 0.3) is 0 Å². The van der Waals surface area contributed by atoms with Crippen LogP contribution in [0.4, 0.5) is 4.39 Å². The van der Waals surface area contributed by atoms with Crippen LogP contribution < -0.4 is 5.32 Å². The van der Waals surface area contributed by atoms with Crippen molar-refractivity contribution in [1.82, 2.24) is 5.32 Å². The van der Waals surface area contributed by atoms with Crippen LogP contribution in [-0.2, 0) is 11.2 Å². The Hall–Kier alpha value is -1.13. The van der Waals surface area contributed by atoms with E-state index in [4.69, 9.17) is 16.7 Å². The van der Waals surface area contributed by atoms with Crippen molar-refractivity contribution in [3.8, 4) is 0 Å². The average Bonchev–Trinajstić information content (AvgIpc) is 2.22. The maximum atomic E-state index is 13.2. The van der Waals surface area contributed by atoms with E-state index in [1.807, 2.05) is 0 Å². The van der Waals surface area contributed by atoms with Gasteiger partial charge in [0.25, 0.3) is 0 Å². The highest BCUT2D eigenvalue weighted by atomic mass is 35.5. The summed E-state index contributed by atoms with van der Waals surface area (Å²) in [5.74, 6) is -0.872. The normalized spacial score (nSPS) is 10.1. The number of aliphatic hydroxyl groups is 1. The topological polar surface area (TPSA) is 49.3 Å². The van der Waals surface area contributed by atoms with E-state index in [2.05, 4.69) is 5.32 Å². The molecular formula is C10H11ClFNO2. The van der Waals surface area contributed by atoms with E-state index in [9.17, 15) is 9.18 Å². The molecule has 1 aromatic carbocycles. The highest BCUT2D eigenvalue weighted by Crippen LogP contribution is 2.18. The third-order valence-corrected chi connectivity index (χ3v) is 2.26. The molecule has 0 heterocycles. The molecule has 0 aliphatic carbocycles. The van der Waals surface area contributed by atoms with Crippen molar-refractivity contribution in [3.05, 3.63) is 34.6 Å². The molecule has 1 aromatic rings. The predicted octanol–water partition coefficient (Wildman–Crippen LogP) is 1.13. The van der Waals surface area contributed by atoms with E-state index in [0.29, 0.717) is 17.0 Å². The maximum Gasteiger partial charge on any atom is 0.245 e. The fourth-order valence-corrected chi connectivity index (χ4v) is 1.41. The minimum atomic E-state index is -0.564. The molecule has 1 amide bonds. The van der Waals surface area contributed by atoms with E-state index in [1.165, 1.54) is 12.1 Å². The zero-order valence-electron chi connectivity index (χ0n) is 7.96. The lowest BCUT2D eigenvalue weighted by Crippen LogP contribution is -2.28. The minimum Gasteiger partial charge on any atom is -0.387 e. The van der Waals surface area contributed by atoms with Gasteiger partial charge in [-0.2, -0.15) is 0 Å². The minimum absolute atomic E-state index is 0.250. The molecule has 0 fully saturated rings. The van der Waals surface area contributed by atoms with Gasteiger partial charge in [0.15, 0.2) is 0 Å². The fraction of sp³-hybridized carbons (Fsp3) is 0.300. The lowest BCUT2D eigenvalue weighted by molar-refractivity contribution is -0.123. The molecular weight excluding hydrogens is 221 g/mol. The van der Waals surface area contributed by atoms with Gasteiger partial charge in [-0.3, -0.25) is 4.79 Å².